The molecule has 0 saturated heterocycles. The van der Waals surface area contributed by atoms with Crippen LogP contribution in [-0.2, 0) is 0 Å². The van der Waals surface area contributed by atoms with Crippen molar-refractivity contribution in [1.82, 2.24) is 10.3 Å². The zero-order valence-electron chi connectivity index (χ0n) is 11.3. The van der Waals surface area contributed by atoms with Crippen molar-refractivity contribution >= 4 is 17.2 Å². The van der Waals surface area contributed by atoms with Crippen molar-refractivity contribution in [3.63, 3.8) is 0 Å². The lowest BCUT2D eigenvalue weighted by Gasteiger charge is -2.29. The quantitative estimate of drug-likeness (QED) is 0.885. The fourth-order valence-corrected chi connectivity index (χ4v) is 3.03. The Morgan fingerprint density at radius 1 is 1.65 bits per heavy atom. The number of thiazole rings is 1. The molecule has 1 fully saturated rings. The van der Waals surface area contributed by atoms with Crippen LogP contribution in [0.2, 0.25) is 0 Å². The second-order valence-corrected chi connectivity index (χ2v) is 6.39. The van der Waals surface area contributed by atoms with Crippen LogP contribution in [-0.4, -0.2) is 23.0 Å². The first-order valence-electron chi connectivity index (χ1n) is 6.64. The molecule has 20 heavy (non-hydrogen) atoms. The molecule has 2 aromatic rings. The first-order chi connectivity index (χ1) is 9.62. The molecular weight excluding hydrogens is 274 g/mol. The molecular formula is C14H17N3O2S. The van der Waals surface area contributed by atoms with Crippen molar-refractivity contribution in [3.8, 4) is 10.8 Å². The molecule has 3 N–H and O–H groups in total. The van der Waals surface area contributed by atoms with Crippen LogP contribution in [0.25, 0.3) is 10.8 Å². The van der Waals surface area contributed by atoms with Gasteiger partial charge in [-0.05, 0) is 37.8 Å². The Kier molecular flexibility index (Phi) is 3.35. The van der Waals surface area contributed by atoms with E-state index < -0.39 is 0 Å². The normalized spacial score (nSPS) is 17.7. The first kappa shape index (κ1) is 13.3. The van der Waals surface area contributed by atoms with Crippen LogP contribution in [0.3, 0.4) is 0 Å². The Labute approximate surface area is 121 Å². The number of amides is 1. The molecule has 6 heteroatoms. The van der Waals surface area contributed by atoms with E-state index in [1.54, 1.807) is 18.5 Å². The minimum atomic E-state index is -0.314. The largest absolute Gasteiger partial charge is 0.462 e. The molecule has 0 aromatic carbocycles. The van der Waals surface area contributed by atoms with Gasteiger partial charge in [0.25, 0.3) is 5.91 Å². The van der Waals surface area contributed by atoms with Crippen LogP contribution in [0.5, 0.6) is 0 Å². The molecule has 106 valence electrons. The molecule has 0 aliphatic heterocycles. The van der Waals surface area contributed by atoms with Gasteiger partial charge in [-0.25, -0.2) is 4.98 Å². The molecule has 1 aliphatic rings. The monoisotopic (exact) mass is 291 g/mol. The second kappa shape index (κ2) is 5.03. The highest BCUT2D eigenvalue weighted by molar-refractivity contribution is 7.16. The number of carbonyl (C=O) groups is 1. The van der Waals surface area contributed by atoms with Crippen molar-refractivity contribution in [2.45, 2.75) is 25.3 Å². The molecule has 0 radical (unpaired) electrons. The number of rotatable bonds is 5. The molecule has 0 bridgehead atoms. The van der Waals surface area contributed by atoms with E-state index in [0.29, 0.717) is 28.1 Å². The summed E-state index contributed by atoms with van der Waals surface area (Å²) < 4.78 is 5.28. The van der Waals surface area contributed by atoms with Crippen molar-refractivity contribution in [2.24, 2.45) is 11.7 Å². The third kappa shape index (κ3) is 2.48. The first-order valence-corrected chi connectivity index (χ1v) is 7.46. The highest BCUT2D eigenvalue weighted by Crippen LogP contribution is 2.39. The summed E-state index contributed by atoms with van der Waals surface area (Å²) >= 11 is 1.32. The van der Waals surface area contributed by atoms with E-state index in [2.05, 4.69) is 10.3 Å². The number of nitrogens with two attached hydrogens (primary N) is 1. The van der Waals surface area contributed by atoms with E-state index in [4.69, 9.17) is 10.2 Å². The highest BCUT2D eigenvalue weighted by atomic mass is 32.1. The third-order valence-electron chi connectivity index (χ3n) is 3.76. The number of carbonyl (C=O) groups excluding carboxylic acids is 1. The Morgan fingerprint density at radius 3 is 3.05 bits per heavy atom. The maximum Gasteiger partial charge on any atom is 0.263 e. The molecule has 1 atom stereocenters. The van der Waals surface area contributed by atoms with Gasteiger partial charge in [-0.2, -0.15) is 0 Å². The summed E-state index contributed by atoms with van der Waals surface area (Å²) in [6, 6.07) is 3.63. The van der Waals surface area contributed by atoms with Gasteiger partial charge in [0, 0.05) is 6.54 Å². The molecule has 2 heterocycles. The van der Waals surface area contributed by atoms with Gasteiger partial charge in [-0.3, -0.25) is 4.79 Å². The van der Waals surface area contributed by atoms with Crippen molar-refractivity contribution in [1.29, 1.82) is 0 Å². The minimum Gasteiger partial charge on any atom is -0.462 e. The predicted octanol–water partition coefficient (Wildman–Crippen LogP) is 2.26. The van der Waals surface area contributed by atoms with Crippen LogP contribution in [0.4, 0.5) is 0 Å². The van der Waals surface area contributed by atoms with Gasteiger partial charge in [-0.15, -0.1) is 11.3 Å². The summed E-state index contributed by atoms with van der Waals surface area (Å²) in [6.45, 7) is 2.46. The van der Waals surface area contributed by atoms with E-state index in [1.807, 2.05) is 13.0 Å². The van der Waals surface area contributed by atoms with Crippen LogP contribution < -0.4 is 11.1 Å². The standard InChI is InChI=1S/C14H17N3O2S/c1-14(8-15,9-4-5-9)17-12(18)11-7-16-13(20-11)10-3-2-6-19-10/h2-3,6-7,9H,4-5,8,15H2,1H3,(H,17,18). The second-order valence-electron chi connectivity index (χ2n) is 5.36. The average Bonchev–Trinajstić information content (AvgIpc) is 2.97. The van der Waals surface area contributed by atoms with Crippen LogP contribution in [0.1, 0.15) is 29.4 Å². The van der Waals surface area contributed by atoms with Gasteiger partial charge in [0.15, 0.2) is 10.8 Å². The smallest absolute Gasteiger partial charge is 0.263 e. The van der Waals surface area contributed by atoms with E-state index in [1.165, 1.54) is 11.3 Å². The van der Waals surface area contributed by atoms with Crippen molar-refractivity contribution in [2.75, 3.05) is 6.54 Å². The number of aromatic nitrogens is 1. The molecule has 2 aromatic heterocycles. The highest BCUT2D eigenvalue weighted by Gasteiger charge is 2.41. The maximum absolute atomic E-state index is 12.3. The predicted molar refractivity (Wildman–Crippen MR) is 77.5 cm³/mol. The van der Waals surface area contributed by atoms with Gasteiger partial charge in [0.2, 0.25) is 0 Å². The lowest BCUT2D eigenvalue weighted by atomic mass is 9.96. The SMILES string of the molecule is CC(CN)(NC(=O)c1cnc(-c2ccco2)s1)C1CC1. The van der Waals surface area contributed by atoms with Crippen LogP contribution in [0, 0.1) is 5.92 Å². The molecule has 1 unspecified atom stereocenters. The zero-order chi connectivity index (χ0) is 14.2. The molecule has 1 saturated carbocycles. The van der Waals surface area contributed by atoms with Gasteiger partial charge in [0.05, 0.1) is 18.0 Å². The van der Waals surface area contributed by atoms with Crippen molar-refractivity contribution < 1.29 is 9.21 Å². The summed E-state index contributed by atoms with van der Waals surface area (Å²) in [7, 11) is 0. The Hall–Kier alpha value is -1.66. The minimum absolute atomic E-state index is 0.111. The average molecular weight is 291 g/mol. The molecule has 3 rings (SSSR count). The molecule has 0 spiro atoms. The summed E-state index contributed by atoms with van der Waals surface area (Å²) in [6.07, 6.45) is 5.44. The van der Waals surface area contributed by atoms with Gasteiger partial charge in [0.1, 0.15) is 4.88 Å². The zero-order valence-corrected chi connectivity index (χ0v) is 12.1. The Bertz CT molecular complexity index is 604. The van der Waals surface area contributed by atoms with E-state index in [0.717, 1.165) is 12.8 Å². The number of nitrogens with one attached hydrogen (secondary N) is 1. The van der Waals surface area contributed by atoms with E-state index >= 15 is 0 Å². The third-order valence-corrected chi connectivity index (χ3v) is 4.77. The number of hydrogen-bond donors (Lipinski definition) is 2. The molecule has 5 nitrogen and oxygen atoms in total. The number of nitrogens with zero attached hydrogens (tertiary/aromatic N) is 1. The van der Waals surface area contributed by atoms with Crippen molar-refractivity contribution in [3.05, 3.63) is 29.5 Å². The Morgan fingerprint density at radius 2 is 2.45 bits per heavy atom. The van der Waals surface area contributed by atoms with Crippen LogP contribution >= 0.6 is 11.3 Å². The molecule has 1 aliphatic carbocycles. The van der Waals surface area contributed by atoms with E-state index in [-0.39, 0.29) is 11.4 Å². The lowest BCUT2D eigenvalue weighted by molar-refractivity contribution is 0.0902. The Balaban J connectivity index is 1.74. The summed E-state index contributed by atoms with van der Waals surface area (Å²) in [5.74, 6) is 1.06. The summed E-state index contributed by atoms with van der Waals surface area (Å²) in [4.78, 5) is 17.1. The fourth-order valence-electron chi connectivity index (χ4n) is 2.25. The molecule has 1 amide bonds. The van der Waals surface area contributed by atoms with Crippen LogP contribution in [0.15, 0.2) is 29.0 Å². The lowest BCUT2D eigenvalue weighted by Crippen LogP contribution is -2.53. The van der Waals surface area contributed by atoms with Gasteiger partial charge in [-0.1, -0.05) is 0 Å². The number of hydrogen-bond acceptors (Lipinski definition) is 5. The summed E-state index contributed by atoms with van der Waals surface area (Å²) in [5.41, 5.74) is 5.50. The van der Waals surface area contributed by atoms with Gasteiger partial charge >= 0.3 is 0 Å². The fraction of sp³-hybridized carbons (Fsp3) is 0.429. The number of furan rings is 1. The summed E-state index contributed by atoms with van der Waals surface area (Å²) in [5, 5.41) is 3.77. The maximum atomic E-state index is 12.3. The topological polar surface area (TPSA) is 81.1 Å². The van der Waals surface area contributed by atoms with E-state index in [9.17, 15) is 4.79 Å². The van der Waals surface area contributed by atoms with Gasteiger partial charge < -0.3 is 15.5 Å².